The predicted octanol–water partition coefficient (Wildman–Crippen LogP) is 4.27. The number of aromatic nitrogens is 2. The van der Waals surface area contributed by atoms with E-state index in [9.17, 15) is 10.1 Å². The van der Waals surface area contributed by atoms with Crippen molar-refractivity contribution in [2.24, 2.45) is 0 Å². The van der Waals surface area contributed by atoms with Gasteiger partial charge in [-0.15, -0.1) is 0 Å². The van der Waals surface area contributed by atoms with Crippen LogP contribution in [0.4, 0.5) is 17.2 Å². The van der Waals surface area contributed by atoms with E-state index in [1.54, 1.807) is 24.3 Å². The molecule has 8 nitrogen and oxygen atoms in total. The molecule has 1 aromatic heterocycles. The Morgan fingerprint density at radius 3 is 2.61 bits per heavy atom. The molecule has 4 rings (SSSR count). The zero-order chi connectivity index (χ0) is 19.5. The number of ether oxygens (including phenoxy) is 2. The van der Waals surface area contributed by atoms with Gasteiger partial charge in [0, 0.05) is 12.2 Å². The minimum atomic E-state index is -0.503. The molecule has 2 aromatic carbocycles. The van der Waals surface area contributed by atoms with Crippen LogP contribution >= 0.6 is 0 Å². The summed E-state index contributed by atoms with van der Waals surface area (Å²) in [5, 5.41) is 11.9. The van der Waals surface area contributed by atoms with Crippen molar-refractivity contribution in [2.75, 3.05) is 18.6 Å². The number of anilines is 2. The zero-order valence-electron chi connectivity index (χ0n) is 15.2. The fourth-order valence-corrected chi connectivity index (χ4v) is 3.35. The summed E-state index contributed by atoms with van der Waals surface area (Å²) in [5.74, 6) is 0.900. The molecule has 0 saturated heterocycles. The summed E-state index contributed by atoms with van der Waals surface area (Å²) in [4.78, 5) is 21.5. The number of nitrogens with zero attached hydrogens (tertiary/aromatic N) is 4. The highest BCUT2D eigenvalue weighted by Gasteiger charge is 2.31. The number of methoxy groups -OCH3 is 1. The fourth-order valence-electron chi connectivity index (χ4n) is 3.35. The van der Waals surface area contributed by atoms with Gasteiger partial charge in [-0.1, -0.05) is 30.3 Å². The van der Waals surface area contributed by atoms with Crippen molar-refractivity contribution in [2.45, 2.75) is 12.8 Å². The smallest absolute Gasteiger partial charge is 0.373 e. The maximum Gasteiger partial charge on any atom is 0.373 e. The SMILES string of the molecule is COc1ccccc1Oc1ncnc(N2CCCc3ccccc32)c1[N+](=O)[O-]. The van der Waals surface area contributed by atoms with E-state index in [-0.39, 0.29) is 17.4 Å². The van der Waals surface area contributed by atoms with Crippen LogP contribution in [0.2, 0.25) is 0 Å². The third kappa shape index (κ3) is 3.20. The van der Waals surface area contributed by atoms with Crippen molar-refractivity contribution in [3.8, 4) is 17.4 Å². The number of aryl methyl sites for hydroxylation is 1. The van der Waals surface area contributed by atoms with Crippen molar-refractivity contribution in [1.82, 2.24) is 9.97 Å². The second-order valence-corrected chi connectivity index (χ2v) is 6.24. The Hall–Kier alpha value is -3.68. The lowest BCUT2D eigenvalue weighted by atomic mass is 10.0. The molecule has 0 saturated carbocycles. The molecule has 0 amide bonds. The second-order valence-electron chi connectivity index (χ2n) is 6.24. The summed E-state index contributed by atoms with van der Waals surface area (Å²) in [5.41, 5.74) is 1.78. The lowest BCUT2D eigenvalue weighted by Crippen LogP contribution is -2.26. The molecular formula is C20H18N4O4. The van der Waals surface area contributed by atoms with Crippen LogP contribution in [0.15, 0.2) is 54.9 Å². The first-order chi connectivity index (χ1) is 13.7. The van der Waals surface area contributed by atoms with Gasteiger partial charge in [-0.25, -0.2) is 4.98 Å². The van der Waals surface area contributed by atoms with E-state index in [1.165, 1.54) is 13.4 Å². The monoisotopic (exact) mass is 378 g/mol. The third-order valence-corrected chi connectivity index (χ3v) is 4.59. The normalized spacial score (nSPS) is 13.0. The topological polar surface area (TPSA) is 90.6 Å². The van der Waals surface area contributed by atoms with Gasteiger partial charge in [0.2, 0.25) is 5.82 Å². The summed E-state index contributed by atoms with van der Waals surface area (Å²) in [6.45, 7) is 0.628. The molecule has 142 valence electrons. The van der Waals surface area contributed by atoms with Crippen molar-refractivity contribution >= 4 is 17.2 Å². The fraction of sp³-hybridized carbons (Fsp3) is 0.200. The Morgan fingerprint density at radius 2 is 1.82 bits per heavy atom. The molecule has 0 radical (unpaired) electrons. The third-order valence-electron chi connectivity index (χ3n) is 4.59. The molecule has 3 aromatic rings. The molecule has 0 fully saturated rings. The van der Waals surface area contributed by atoms with E-state index in [2.05, 4.69) is 9.97 Å². The maximum atomic E-state index is 11.9. The van der Waals surface area contributed by atoms with Gasteiger partial charge in [-0.2, -0.15) is 4.98 Å². The number of fused-ring (bicyclic) bond motifs is 1. The average Bonchev–Trinajstić information content (AvgIpc) is 2.73. The first kappa shape index (κ1) is 17.7. The second kappa shape index (κ2) is 7.51. The van der Waals surface area contributed by atoms with Gasteiger partial charge in [0.25, 0.3) is 0 Å². The van der Waals surface area contributed by atoms with Gasteiger partial charge in [0.05, 0.1) is 12.0 Å². The molecule has 0 atom stereocenters. The Labute approximate surface area is 161 Å². The van der Waals surface area contributed by atoms with E-state index in [4.69, 9.17) is 9.47 Å². The molecular weight excluding hydrogens is 360 g/mol. The number of para-hydroxylation sites is 3. The minimum absolute atomic E-state index is 0.123. The van der Waals surface area contributed by atoms with Crippen LogP contribution in [0.3, 0.4) is 0 Å². The summed E-state index contributed by atoms with van der Waals surface area (Å²) >= 11 is 0. The highest BCUT2D eigenvalue weighted by Crippen LogP contribution is 2.42. The van der Waals surface area contributed by atoms with Crippen LogP contribution < -0.4 is 14.4 Å². The molecule has 0 aliphatic carbocycles. The van der Waals surface area contributed by atoms with Gasteiger partial charge in [0.15, 0.2) is 11.5 Å². The Kier molecular flexibility index (Phi) is 4.76. The van der Waals surface area contributed by atoms with Crippen molar-refractivity contribution < 1.29 is 14.4 Å². The van der Waals surface area contributed by atoms with Gasteiger partial charge < -0.3 is 14.4 Å². The van der Waals surface area contributed by atoms with E-state index in [1.807, 2.05) is 29.2 Å². The van der Waals surface area contributed by atoms with Gasteiger partial charge in [-0.3, -0.25) is 10.1 Å². The van der Waals surface area contributed by atoms with Crippen molar-refractivity contribution in [3.05, 3.63) is 70.5 Å². The molecule has 2 heterocycles. The summed E-state index contributed by atoms with van der Waals surface area (Å²) in [6.07, 6.45) is 3.08. The lowest BCUT2D eigenvalue weighted by Gasteiger charge is -2.29. The number of nitro groups is 1. The van der Waals surface area contributed by atoms with Gasteiger partial charge in [-0.05, 0) is 36.6 Å². The minimum Gasteiger partial charge on any atom is -0.493 e. The molecule has 28 heavy (non-hydrogen) atoms. The molecule has 0 spiro atoms. The summed E-state index contributed by atoms with van der Waals surface area (Å²) in [6, 6.07) is 14.8. The first-order valence-electron chi connectivity index (χ1n) is 8.84. The van der Waals surface area contributed by atoms with Crippen LogP contribution in [-0.2, 0) is 6.42 Å². The van der Waals surface area contributed by atoms with Crippen LogP contribution in [0, 0.1) is 10.1 Å². The quantitative estimate of drug-likeness (QED) is 0.484. The van der Waals surface area contributed by atoms with Crippen LogP contribution in [0.1, 0.15) is 12.0 Å². The Balaban J connectivity index is 1.80. The zero-order valence-corrected chi connectivity index (χ0v) is 15.2. The van der Waals surface area contributed by atoms with Crippen LogP contribution in [0.25, 0.3) is 0 Å². The van der Waals surface area contributed by atoms with Gasteiger partial charge in [0.1, 0.15) is 6.33 Å². The standard InChI is InChI=1S/C20H18N4O4/c1-27-16-10-4-5-11-17(16)28-20-18(24(25)26)19(21-13-22-20)23-12-6-8-14-7-2-3-9-15(14)23/h2-5,7,9-11,13H,6,8,12H2,1H3. The van der Waals surface area contributed by atoms with E-state index >= 15 is 0 Å². The Morgan fingerprint density at radius 1 is 1.07 bits per heavy atom. The maximum absolute atomic E-state index is 11.9. The average molecular weight is 378 g/mol. The largest absolute Gasteiger partial charge is 0.493 e. The number of hydrogen-bond donors (Lipinski definition) is 0. The van der Waals surface area contributed by atoms with Crippen molar-refractivity contribution in [3.63, 3.8) is 0 Å². The lowest BCUT2D eigenvalue weighted by molar-refractivity contribution is -0.385. The van der Waals surface area contributed by atoms with Crippen LogP contribution in [-0.4, -0.2) is 28.5 Å². The molecule has 8 heteroatoms. The van der Waals surface area contributed by atoms with E-state index < -0.39 is 4.92 Å². The molecule has 0 N–H and O–H groups in total. The van der Waals surface area contributed by atoms with E-state index in [0.29, 0.717) is 18.0 Å². The number of hydrogen-bond acceptors (Lipinski definition) is 7. The molecule has 0 unspecified atom stereocenters. The summed E-state index contributed by atoms with van der Waals surface area (Å²) in [7, 11) is 1.51. The number of rotatable bonds is 5. The highest BCUT2D eigenvalue weighted by atomic mass is 16.6. The summed E-state index contributed by atoms with van der Waals surface area (Å²) < 4.78 is 11.0. The van der Waals surface area contributed by atoms with Crippen LogP contribution in [0.5, 0.6) is 17.4 Å². The predicted molar refractivity (Wildman–Crippen MR) is 104 cm³/mol. The molecule has 1 aliphatic rings. The van der Waals surface area contributed by atoms with Gasteiger partial charge >= 0.3 is 11.6 Å². The first-order valence-corrected chi connectivity index (χ1v) is 8.84. The molecule has 0 bridgehead atoms. The van der Waals surface area contributed by atoms with Crippen molar-refractivity contribution in [1.29, 1.82) is 0 Å². The number of benzene rings is 2. The highest BCUT2D eigenvalue weighted by molar-refractivity contribution is 5.74. The Bertz CT molecular complexity index is 1020. The van der Waals surface area contributed by atoms with E-state index in [0.717, 1.165) is 24.1 Å². The molecule has 1 aliphatic heterocycles.